The van der Waals surface area contributed by atoms with E-state index in [1.807, 2.05) is 18.2 Å². The highest BCUT2D eigenvalue weighted by Gasteiger charge is 2.29. The molecule has 8 heterocycles. The number of hydrogen-bond acceptors (Lipinski definition) is 10. The van der Waals surface area contributed by atoms with Gasteiger partial charge in [-0.05, 0) is 152 Å². The molecule has 0 unspecified atom stereocenters. The molecule has 0 atom stereocenters. The predicted molar refractivity (Wildman–Crippen MR) is 506 cm³/mol. The maximum atomic E-state index is 7.28. The van der Waals surface area contributed by atoms with E-state index >= 15 is 0 Å². The Labute approximate surface area is 704 Å². The lowest BCUT2D eigenvalue weighted by Gasteiger charge is -2.14. The second-order valence-corrected chi connectivity index (χ2v) is 33.6. The number of rotatable bonds is 11. The highest BCUT2D eigenvalue weighted by molar-refractivity contribution is 7.26. The molecule has 0 N–H and O–H groups in total. The first-order valence-electron chi connectivity index (χ1n) is 40.9. The van der Waals surface area contributed by atoms with Gasteiger partial charge in [-0.25, -0.2) is 29.9 Å². The Morgan fingerprint density at radius 1 is 0.205 bits per heavy atom. The minimum absolute atomic E-state index is 0.527. The van der Waals surface area contributed by atoms with Gasteiger partial charge in [0.2, 0.25) is 0 Å². The number of fused-ring (bicyclic) bond motifs is 22. The number of aromatic nitrogens is 8. The van der Waals surface area contributed by atoms with E-state index in [4.69, 9.17) is 38.7 Å². The third-order valence-corrected chi connectivity index (χ3v) is 27.0. The molecular weight excluding hydrogens is 1530 g/mol. The third-order valence-electron chi connectivity index (χ3n) is 24.7. The van der Waals surface area contributed by atoms with Crippen molar-refractivity contribution in [3.8, 4) is 113 Å². The van der Waals surface area contributed by atoms with Gasteiger partial charge in [0.25, 0.3) is 0 Å². The summed E-state index contributed by atoms with van der Waals surface area (Å²) in [4.78, 5) is 33.5. The van der Waals surface area contributed by atoms with Gasteiger partial charge in [0, 0.05) is 117 Å². The molecule has 26 rings (SSSR count). The molecule has 0 fully saturated rings. The average Bonchev–Trinajstić information content (AvgIpc) is 1.56. The molecule has 0 aliphatic heterocycles. The van der Waals surface area contributed by atoms with Crippen molar-refractivity contribution in [2.75, 3.05) is 0 Å². The SMILES string of the molecule is c1ccc(-c2ccc(-c3nc(-c4cc(-c5ccc6ccc7c(c6c5)c5ccccc5n7-c5ccc(-c6nc(-c7ccc(-c8ccccc8)cc7)nc(-c7cccc8sc9ccccc9c78)n6)c6c5oc5ccccc56)cc5c4sc4ccccc45)nc(-c4ccc(-n5c6ccccc6c6c7ccccc7ccc65)c5oc6ccccc6c45)n3)cc2)cc1. The van der Waals surface area contributed by atoms with Crippen molar-refractivity contribution in [2.24, 2.45) is 0 Å². The second-order valence-electron chi connectivity index (χ2n) is 31.4. The van der Waals surface area contributed by atoms with Crippen molar-refractivity contribution >= 4 is 172 Å². The number of thiophene rings is 2. The number of nitrogens with zero attached hydrogens (tertiary/aromatic N) is 8. The lowest BCUT2D eigenvalue weighted by atomic mass is 9.95. The molecule has 0 bridgehead atoms. The van der Waals surface area contributed by atoms with E-state index in [-0.39, 0.29) is 0 Å². The summed E-state index contributed by atoms with van der Waals surface area (Å²) in [6.45, 7) is 0. The molecule has 122 heavy (non-hydrogen) atoms. The zero-order chi connectivity index (χ0) is 79.8. The van der Waals surface area contributed by atoms with E-state index in [0.29, 0.717) is 40.5 Å². The van der Waals surface area contributed by atoms with Crippen LogP contribution in [0.25, 0.3) is 262 Å². The van der Waals surface area contributed by atoms with Crippen LogP contribution in [0.2, 0.25) is 0 Å². The highest BCUT2D eigenvalue weighted by atomic mass is 32.1. The van der Waals surface area contributed by atoms with Crippen molar-refractivity contribution in [2.45, 2.75) is 0 Å². The van der Waals surface area contributed by atoms with Crippen LogP contribution in [0.15, 0.2) is 385 Å². The largest absolute Gasteiger partial charge is 0.454 e. The molecule has 566 valence electrons. The first-order valence-corrected chi connectivity index (χ1v) is 42.6. The summed E-state index contributed by atoms with van der Waals surface area (Å²) in [6.07, 6.45) is 0. The van der Waals surface area contributed by atoms with Gasteiger partial charge in [-0.3, -0.25) is 0 Å². The van der Waals surface area contributed by atoms with Crippen molar-refractivity contribution in [3.63, 3.8) is 0 Å². The lowest BCUT2D eigenvalue weighted by Crippen LogP contribution is -2.02. The van der Waals surface area contributed by atoms with Gasteiger partial charge in [0.05, 0.1) is 33.4 Å². The van der Waals surface area contributed by atoms with E-state index in [0.717, 1.165) is 181 Å². The van der Waals surface area contributed by atoms with Gasteiger partial charge in [0.15, 0.2) is 46.1 Å². The Morgan fingerprint density at radius 3 is 1.18 bits per heavy atom. The lowest BCUT2D eigenvalue weighted by molar-refractivity contribution is 0.666. The smallest absolute Gasteiger partial charge is 0.165 e. The van der Waals surface area contributed by atoms with Gasteiger partial charge in [-0.1, -0.05) is 279 Å². The van der Waals surface area contributed by atoms with Crippen molar-refractivity contribution in [1.29, 1.82) is 0 Å². The maximum Gasteiger partial charge on any atom is 0.165 e. The molecule has 0 aliphatic carbocycles. The second kappa shape index (κ2) is 26.8. The van der Waals surface area contributed by atoms with Crippen LogP contribution in [0.3, 0.4) is 0 Å². The molecule has 12 heteroatoms. The van der Waals surface area contributed by atoms with Crippen LogP contribution in [0.5, 0.6) is 0 Å². The van der Waals surface area contributed by atoms with E-state index in [1.165, 1.54) is 41.0 Å². The fourth-order valence-electron chi connectivity index (χ4n) is 19.1. The van der Waals surface area contributed by atoms with Gasteiger partial charge in [-0.15, -0.1) is 22.7 Å². The number of hydrogen-bond donors (Lipinski definition) is 0. The summed E-state index contributed by atoms with van der Waals surface area (Å²) in [5, 5.41) is 17.5. The van der Waals surface area contributed by atoms with Crippen LogP contribution in [0.1, 0.15) is 0 Å². The number of furan rings is 2. The number of para-hydroxylation sites is 4. The fraction of sp³-hybridized carbons (Fsp3) is 0. The minimum Gasteiger partial charge on any atom is -0.454 e. The van der Waals surface area contributed by atoms with E-state index in [2.05, 4.69) is 367 Å². The maximum absolute atomic E-state index is 7.28. The van der Waals surface area contributed by atoms with Crippen LogP contribution >= 0.6 is 22.7 Å². The summed E-state index contributed by atoms with van der Waals surface area (Å²) in [5.41, 5.74) is 20.8. The summed E-state index contributed by atoms with van der Waals surface area (Å²) in [5.74, 6) is 3.34. The summed E-state index contributed by atoms with van der Waals surface area (Å²) in [6, 6.07) is 134. The van der Waals surface area contributed by atoms with Crippen LogP contribution in [0.4, 0.5) is 0 Å². The van der Waals surface area contributed by atoms with Crippen molar-refractivity contribution in [3.05, 3.63) is 376 Å². The zero-order valence-corrected chi connectivity index (χ0v) is 66.6. The molecule has 26 aromatic rings. The van der Waals surface area contributed by atoms with Crippen LogP contribution in [-0.4, -0.2) is 39.0 Å². The zero-order valence-electron chi connectivity index (χ0n) is 65.0. The highest BCUT2D eigenvalue weighted by Crippen LogP contribution is 2.50. The van der Waals surface area contributed by atoms with Crippen molar-refractivity contribution in [1.82, 2.24) is 39.0 Å². The molecular formula is C110H62N8O2S2. The third kappa shape index (κ3) is 10.5. The first-order chi connectivity index (χ1) is 60.5. The molecule has 0 radical (unpaired) electrons. The Bertz CT molecular complexity index is 8900. The summed E-state index contributed by atoms with van der Waals surface area (Å²) in [7, 11) is 0. The minimum atomic E-state index is 0.527. The molecule has 8 aromatic heterocycles. The van der Waals surface area contributed by atoms with E-state index < -0.39 is 0 Å². The van der Waals surface area contributed by atoms with Gasteiger partial charge in [-0.2, -0.15) is 0 Å². The number of benzene rings is 18. The topological polar surface area (TPSA) is 113 Å². The Balaban J connectivity index is 0.659. The molecule has 0 saturated heterocycles. The van der Waals surface area contributed by atoms with Gasteiger partial charge in [0.1, 0.15) is 11.2 Å². The molecule has 0 saturated carbocycles. The average molecular weight is 1590 g/mol. The van der Waals surface area contributed by atoms with Crippen LogP contribution < -0.4 is 0 Å². The summed E-state index contributed by atoms with van der Waals surface area (Å²) >= 11 is 3.55. The molecule has 0 aliphatic rings. The van der Waals surface area contributed by atoms with Crippen LogP contribution in [-0.2, 0) is 0 Å². The fourth-order valence-corrected chi connectivity index (χ4v) is 21.4. The predicted octanol–water partition coefficient (Wildman–Crippen LogP) is 30.1. The molecule has 10 nitrogen and oxygen atoms in total. The Morgan fingerprint density at radius 2 is 0.607 bits per heavy atom. The molecule has 18 aromatic carbocycles. The monoisotopic (exact) mass is 1590 g/mol. The Kier molecular flexibility index (Phi) is 15.0. The first kappa shape index (κ1) is 68.2. The summed E-state index contributed by atoms with van der Waals surface area (Å²) < 4.78 is 23.9. The van der Waals surface area contributed by atoms with E-state index in [1.54, 1.807) is 22.7 Å². The molecule has 0 amide bonds. The standard InChI is InChI=1S/C110H62N8O2S2/c1-3-22-63(23-4-1)65-42-47-69(48-43-65)105-111-107(80-34-21-41-96-99(80)79-33-14-20-40-95(79)121-96)115-108(112-105)81-54-59-91(103-100(81)77-31-11-17-37-92(77)120-103)118-87-36-16-10-30-76(87)98-83-60-71(51-46-68(83)53-57-89(98)118)72-61-84-74-28-13-19-39-94(74)122-104(84)85(62-72)110-114-106(70-49-44-66(45-50-70)64-24-5-2-6-25-64)113-109(116-110)82-55-58-90(102-101(82)78-32-12-18-38-93(78)119-102)117-86-35-15-9-29-75(86)97-73-27-8-7-26-67(73)52-56-88(97)117/h1-62H. The van der Waals surface area contributed by atoms with Gasteiger partial charge < -0.3 is 18.0 Å². The molecule has 0 spiro atoms. The van der Waals surface area contributed by atoms with Gasteiger partial charge >= 0.3 is 0 Å². The van der Waals surface area contributed by atoms with Crippen molar-refractivity contribution < 1.29 is 8.83 Å². The van der Waals surface area contributed by atoms with Crippen LogP contribution in [0, 0.1) is 0 Å². The van der Waals surface area contributed by atoms with E-state index in [9.17, 15) is 0 Å². The normalized spacial score (nSPS) is 12.1. The quantitative estimate of drug-likeness (QED) is 0.126. The Hall–Kier alpha value is -15.9.